The first-order valence-electron chi connectivity index (χ1n) is 9.08. The Bertz CT molecular complexity index is 159. The van der Waals surface area contributed by atoms with E-state index in [9.17, 15) is 0 Å². The molecule has 0 atom stereocenters. The summed E-state index contributed by atoms with van der Waals surface area (Å²) in [5.74, 6) is 0.848. The second-order valence-electron chi connectivity index (χ2n) is 5.76. The number of likely N-dealkylation sites (tertiary alicyclic amines) is 1. The maximum absolute atomic E-state index is 2.54. The van der Waals surface area contributed by atoms with Crippen molar-refractivity contribution in [2.75, 3.05) is 39.3 Å². The van der Waals surface area contributed by atoms with Crippen LogP contribution in [0.4, 0.5) is 0 Å². The number of rotatable bonds is 7. The van der Waals surface area contributed by atoms with E-state index in [-0.39, 0.29) is 0 Å². The van der Waals surface area contributed by atoms with Crippen LogP contribution in [0.2, 0.25) is 0 Å². The Balaban J connectivity index is 0. The van der Waals surface area contributed by atoms with Crippen LogP contribution in [0.25, 0.3) is 0 Å². The smallest absolute Gasteiger partial charge is 0.00165 e. The van der Waals surface area contributed by atoms with Gasteiger partial charge in [-0.2, -0.15) is 0 Å². The molecule has 1 heterocycles. The van der Waals surface area contributed by atoms with E-state index in [4.69, 9.17) is 0 Å². The van der Waals surface area contributed by atoms with Gasteiger partial charge in [-0.1, -0.05) is 48.5 Å². The van der Waals surface area contributed by atoms with Gasteiger partial charge in [-0.05, 0) is 70.9 Å². The van der Waals surface area contributed by atoms with Gasteiger partial charge in [0.25, 0.3) is 0 Å². The Morgan fingerprint density at radius 3 is 1.80 bits per heavy atom. The lowest BCUT2D eigenvalue weighted by Crippen LogP contribution is -2.24. The van der Waals surface area contributed by atoms with Gasteiger partial charge >= 0.3 is 0 Å². The van der Waals surface area contributed by atoms with E-state index < -0.39 is 0 Å². The van der Waals surface area contributed by atoms with Crippen LogP contribution in [-0.2, 0) is 0 Å². The molecule has 0 amide bonds. The molecule has 1 fully saturated rings. The quantitative estimate of drug-likeness (QED) is 0.657. The minimum absolute atomic E-state index is 0.848. The zero-order valence-corrected chi connectivity index (χ0v) is 15.5. The summed E-state index contributed by atoms with van der Waals surface area (Å²) in [7, 11) is 0. The zero-order chi connectivity index (χ0) is 15.8. The van der Waals surface area contributed by atoms with E-state index >= 15 is 0 Å². The average molecular weight is 287 g/mol. The lowest BCUT2D eigenvalue weighted by atomic mass is 10.1. The Morgan fingerprint density at radius 2 is 1.45 bits per heavy atom. The van der Waals surface area contributed by atoms with E-state index in [2.05, 4.69) is 44.4 Å². The Hall–Kier alpha value is -0.0800. The molecular formula is C18H42N2. The highest BCUT2D eigenvalue weighted by molar-refractivity contribution is 4.64. The molecule has 0 unspecified atom stereocenters. The van der Waals surface area contributed by atoms with Gasteiger partial charge in [0, 0.05) is 0 Å². The fourth-order valence-electron chi connectivity index (χ4n) is 2.30. The van der Waals surface area contributed by atoms with Crippen molar-refractivity contribution < 1.29 is 0 Å². The zero-order valence-electron chi connectivity index (χ0n) is 15.5. The molecule has 1 aliphatic rings. The van der Waals surface area contributed by atoms with Gasteiger partial charge in [-0.25, -0.2) is 0 Å². The van der Waals surface area contributed by atoms with Crippen molar-refractivity contribution >= 4 is 0 Å². The van der Waals surface area contributed by atoms with Crippen molar-refractivity contribution in [1.82, 2.24) is 9.80 Å². The normalized spacial score (nSPS) is 14.8. The van der Waals surface area contributed by atoms with Crippen LogP contribution in [0.15, 0.2) is 0 Å². The van der Waals surface area contributed by atoms with Crippen molar-refractivity contribution in [1.29, 1.82) is 0 Å². The van der Waals surface area contributed by atoms with E-state index in [1.807, 2.05) is 13.8 Å². The van der Waals surface area contributed by atoms with Crippen LogP contribution in [0.1, 0.15) is 74.1 Å². The minimum Gasteiger partial charge on any atom is -0.304 e. The molecule has 0 spiro atoms. The van der Waals surface area contributed by atoms with Crippen LogP contribution < -0.4 is 0 Å². The molecule has 1 aliphatic heterocycles. The predicted molar refractivity (Wildman–Crippen MR) is 94.6 cm³/mol. The van der Waals surface area contributed by atoms with Crippen LogP contribution in [0.3, 0.4) is 0 Å². The van der Waals surface area contributed by atoms with Gasteiger partial charge < -0.3 is 9.80 Å². The van der Waals surface area contributed by atoms with E-state index in [1.54, 1.807) is 0 Å². The third kappa shape index (κ3) is 14.3. The lowest BCUT2D eigenvalue weighted by Gasteiger charge is -2.18. The standard InChI is InChI=1S/C9H21N.C7H15N.C2H6/c1-5-10(6-2)8-7-9(3)4;1-2-5-8-6-3-4-7-8;1-2/h9H,5-8H2,1-4H3;2-7H2,1H3;1-2H3. The van der Waals surface area contributed by atoms with E-state index in [1.165, 1.54) is 65.0 Å². The fourth-order valence-corrected chi connectivity index (χ4v) is 2.30. The molecule has 0 saturated carbocycles. The number of hydrogen-bond acceptors (Lipinski definition) is 2. The Kier molecular flexibility index (Phi) is 18.8. The fraction of sp³-hybridized carbons (Fsp3) is 1.00. The van der Waals surface area contributed by atoms with Crippen LogP contribution in [0.5, 0.6) is 0 Å². The number of hydrogen-bond donors (Lipinski definition) is 0. The summed E-state index contributed by atoms with van der Waals surface area (Å²) < 4.78 is 0. The molecule has 0 radical (unpaired) electrons. The molecule has 0 aliphatic carbocycles. The molecule has 20 heavy (non-hydrogen) atoms. The van der Waals surface area contributed by atoms with Crippen LogP contribution >= 0.6 is 0 Å². The van der Waals surface area contributed by atoms with Gasteiger partial charge in [-0.3, -0.25) is 0 Å². The third-order valence-corrected chi connectivity index (χ3v) is 3.66. The first-order chi connectivity index (χ1) is 9.63. The van der Waals surface area contributed by atoms with Crippen molar-refractivity contribution in [2.45, 2.75) is 74.1 Å². The minimum atomic E-state index is 0.848. The van der Waals surface area contributed by atoms with Gasteiger partial charge in [0.15, 0.2) is 0 Å². The molecule has 0 aromatic rings. The van der Waals surface area contributed by atoms with Crippen molar-refractivity contribution in [3.63, 3.8) is 0 Å². The monoisotopic (exact) mass is 286 g/mol. The summed E-state index contributed by atoms with van der Waals surface area (Å²) >= 11 is 0. The van der Waals surface area contributed by atoms with Gasteiger partial charge in [0.2, 0.25) is 0 Å². The van der Waals surface area contributed by atoms with Gasteiger partial charge in [-0.15, -0.1) is 0 Å². The summed E-state index contributed by atoms with van der Waals surface area (Å²) in [5, 5.41) is 0. The average Bonchev–Trinajstić information content (AvgIpc) is 2.96. The largest absolute Gasteiger partial charge is 0.304 e. The molecule has 2 nitrogen and oxygen atoms in total. The highest BCUT2D eigenvalue weighted by atomic mass is 15.1. The SMILES string of the molecule is CC.CCCN1CCCC1.CCN(CC)CCC(C)C. The summed E-state index contributed by atoms with van der Waals surface area (Å²) in [4.78, 5) is 5.01. The maximum atomic E-state index is 2.54. The molecule has 2 heteroatoms. The Morgan fingerprint density at radius 1 is 0.950 bits per heavy atom. The first kappa shape index (κ1) is 22.2. The van der Waals surface area contributed by atoms with E-state index in [0.29, 0.717) is 0 Å². The van der Waals surface area contributed by atoms with Gasteiger partial charge in [0.1, 0.15) is 0 Å². The lowest BCUT2D eigenvalue weighted by molar-refractivity contribution is 0.284. The summed E-state index contributed by atoms with van der Waals surface area (Å²) in [6.45, 7) is 23.0. The highest BCUT2D eigenvalue weighted by Gasteiger charge is 2.08. The molecule has 0 aromatic carbocycles. The summed E-state index contributed by atoms with van der Waals surface area (Å²) in [6, 6.07) is 0. The molecule has 1 rings (SSSR count). The van der Waals surface area contributed by atoms with E-state index in [0.717, 1.165) is 5.92 Å². The topological polar surface area (TPSA) is 6.48 Å². The molecule has 0 aromatic heterocycles. The summed E-state index contributed by atoms with van der Waals surface area (Å²) in [6.07, 6.45) is 5.52. The maximum Gasteiger partial charge on any atom is -0.00165 e. The molecule has 124 valence electrons. The molecule has 1 saturated heterocycles. The van der Waals surface area contributed by atoms with Crippen LogP contribution in [0, 0.1) is 5.92 Å². The van der Waals surface area contributed by atoms with Crippen LogP contribution in [-0.4, -0.2) is 49.1 Å². The number of nitrogens with zero attached hydrogens (tertiary/aromatic N) is 2. The first-order valence-corrected chi connectivity index (χ1v) is 9.08. The molecular weight excluding hydrogens is 244 g/mol. The third-order valence-electron chi connectivity index (χ3n) is 3.66. The molecule has 0 bridgehead atoms. The second-order valence-corrected chi connectivity index (χ2v) is 5.76. The second kappa shape index (κ2) is 17.0. The predicted octanol–water partition coefficient (Wildman–Crippen LogP) is 4.89. The Labute approximate surface area is 129 Å². The van der Waals surface area contributed by atoms with Crippen molar-refractivity contribution in [2.24, 2.45) is 5.92 Å². The van der Waals surface area contributed by atoms with Crippen molar-refractivity contribution in [3.8, 4) is 0 Å². The summed E-state index contributed by atoms with van der Waals surface area (Å²) in [5.41, 5.74) is 0. The van der Waals surface area contributed by atoms with Gasteiger partial charge in [0.05, 0.1) is 0 Å². The molecule has 0 N–H and O–H groups in total. The highest BCUT2D eigenvalue weighted by Crippen LogP contribution is 2.06. The van der Waals surface area contributed by atoms with Crippen molar-refractivity contribution in [3.05, 3.63) is 0 Å².